The molecule has 1 aromatic heterocycles. The zero-order valence-corrected chi connectivity index (χ0v) is 22.8. The summed E-state index contributed by atoms with van der Waals surface area (Å²) in [6.07, 6.45) is 3.28. The van der Waals surface area contributed by atoms with E-state index >= 15 is 0 Å². The number of amides is 1. The second kappa shape index (κ2) is 12.8. The molecule has 3 rings (SSSR count). The predicted octanol–water partition coefficient (Wildman–Crippen LogP) is 4.93. The molecule has 1 N–H and O–H groups in total. The lowest BCUT2D eigenvalue weighted by atomic mass is 10.1. The van der Waals surface area contributed by atoms with Crippen molar-refractivity contribution < 1.29 is 23.8 Å². The molecule has 8 nitrogen and oxygen atoms in total. The summed E-state index contributed by atoms with van der Waals surface area (Å²) in [6.45, 7) is 8.32. The maximum Gasteiger partial charge on any atom is 0.416 e. The number of para-hydroxylation sites is 1. The van der Waals surface area contributed by atoms with Gasteiger partial charge in [0.05, 0.1) is 30.5 Å². The average molecular weight is 504 g/mol. The Hall–Kier alpha value is -2.70. The summed E-state index contributed by atoms with van der Waals surface area (Å²) in [5, 5.41) is 4.38. The molecule has 1 aliphatic rings. The fourth-order valence-corrected chi connectivity index (χ4v) is 3.66. The minimum atomic E-state index is -0.622. The fourth-order valence-electron chi connectivity index (χ4n) is 3.66. The van der Waals surface area contributed by atoms with Gasteiger partial charge in [0.15, 0.2) is 0 Å². The Labute approximate surface area is 211 Å². The van der Waals surface area contributed by atoms with Crippen LogP contribution in [0.15, 0.2) is 36.5 Å². The van der Waals surface area contributed by atoms with Gasteiger partial charge < -0.3 is 19.5 Å². The molecule has 1 aliphatic heterocycles. The van der Waals surface area contributed by atoms with E-state index in [2.05, 4.69) is 10.3 Å². The SMILES string of the molecule is CCC(=O)CCCOCCC1NC(c2cc3ccccc3nc2OC)=CN1C(=O)OC(C)(C)C.P. The first-order valence-electron chi connectivity index (χ1n) is 11.7. The van der Waals surface area contributed by atoms with E-state index in [-0.39, 0.29) is 21.8 Å². The Kier molecular flexibility index (Phi) is 10.5. The Morgan fingerprint density at radius 3 is 2.60 bits per heavy atom. The van der Waals surface area contributed by atoms with Crippen molar-refractivity contribution in [1.29, 1.82) is 0 Å². The van der Waals surface area contributed by atoms with Crippen LogP contribution >= 0.6 is 9.90 Å². The number of methoxy groups -OCH3 is 1. The van der Waals surface area contributed by atoms with Gasteiger partial charge in [0.2, 0.25) is 5.88 Å². The number of ketones is 1. The maximum atomic E-state index is 13.0. The third kappa shape index (κ3) is 7.91. The highest BCUT2D eigenvalue weighted by atomic mass is 31.0. The lowest BCUT2D eigenvalue weighted by Crippen LogP contribution is -2.43. The number of pyridine rings is 1. The van der Waals surface area contributed by atoms with Crippen molar-refractivity contribution in [2.45, 2.75) is 65.1 Å². The smallest absolute Gasteiger partial charge is 0.416 e. The highest BCUT2D eigenvalue weighted by Crippen LogP contribution is 2.31. The third-order valence-corrected chi connectivity index (χ3v) is 5.38. The maximum absolute atomic E-state index is 13.0. The molecule has 0 saturated carbocycles. The molecule has 0 saturated heterocycles. The van der Waals surface area contributed by atoms with Crippen molar-refractivity contribution in [1.82, 2.24) is 15.2 Å². The van der Waals surface area contributed by atoms with Crippen molar-refractivity contribution in [2.24, 2.45) is 0 Å². The molecule has 0 aliphatic carbocycles. The number of aromatic nitrogens is 1. The van der Waals surface area contributed by atoms with E-state index in [0.717, 1.165) is 22.2 Å². The summed E-state index contributed by atoms with van der Waals surface area (Å²) < 4.78 is 16.9. The summed E-state index contributed by atoms with van der Waals surface area (Å²) in [5.74, 6) is 0.711. The first-order valence-corrected chi connectivity index (χ1v) is 11.7. The van der Waals surface area contributed by atoms with Crippen LogP contribution < -0.4 is 10.1 Å². The Morgan fingerprint density at radius 2 is 1.91 bits per heavy atom. The number of fused-ring (bicyclic) bond motifs is 1. The topological polar surface area (TPSA) is 90.0 Å². The number of carbonyl (C=O) groups excluding carboxylic acids is 2. The number of ether oxygens (including phenoxy) is 3. The number of hydrogen-bond donors (Lipinski definition) is 1. The van der Waals surface area contributed by atoms with Gasteiger partial charge in [-0.1, -0.05) is 25.1 Å². The van der Waals surface area contributed by atoms with Crippen LogP contribution in [0, 0.1) is 0 Å². The Balaban J connectivity index is 0.00000432. The molecule has 1 amide bonds. The van der Waals surface area contributed by atoms with E-state index in [1.165, 1.54) is 0 Å². The number of benzene rings is 1. The van der Waals surface area contributed by atoms with Crippen molar-refractivity contribution in [2.75, 3.05) is 20.3 Å². The van der Waals surface area contributed by atoms with Crippen LogP contribution in [-0.4, -0.2) is 53.9 Å². The van der Waals surface area contributed by atoms with E-state index in [1.807, 2.05) is 58.0 Å². The normalized spacial score (nSPS) is 15.3. The highest BCUT2D eigenvalue weighted by Gasteiger charge is 2.33. The number of rotatable bonds is 10. The van der Waals surface area contributed by atoms with E-state index in [9.17, 15) is 9.59 Å². The van der Waals surface area contributed by atoms with Gasteiger partial charge in [-0.05, 0) is 39.3 Å². The zero-order chi connectivity index (χ0) is 24.7. The monoisotopic (exact) mass is 503 g/mol. The first kappa shape index (κ1) is 28.5. The molecule has 2 unspecified atom stereocenters. The summed E-state index contributed by atoms with van der Waals surface area (Å²) in [6, 6.07) is 9.80. The second-order valence-electron chi connectivity index (χ2n) is 9.23. The van der Waals surface area contributed by atoms with E-state index in [4.69, 9.17) is 14.2 Å². The van der Waals surface area contributed by atoms with Crippen molar-refractivity contribution in [3.05, 3.63) is 42.1 Å². The predicted molar refractivity (Wildman–Crippen MR) is 142 cm³/mol. The minimum Gasteiger partial charge on any atom is -0.480 e. The van der Waals surface area contributed by atoms with E-state index in [0.29, 0.717) is 44.8 Å². The van der Waals surface area contributed by atoms with Crippen molar-refractivity contribution in [3.63, 3.8) is 0 Å². The lowest BCUT2D eigenvalue weighted by molar-refractivity contribution is -0.119. The highest BCUT2D eigenvalue weighted by molar-refractivity contribution is 6.92. The quantitative estimate of drug-likeness (QED) is 0.363. The van der Waals surface area contributed by atoms with Gasteiger partial charge in [-0.2, -0.15) is 9.90 Å². The summed E-state index contributed by atoms with van der Waals surface area (Å²) in [7, 11) is 1.58. The molecule has 0 bridgehead atoms. The number of carbonyl (C=O) groups is 2. The molecular weight excluding hydrogens is 465 g/mol. The van der Waals surface area contributed by atoms with Gasteiger partial charge in [0.1, 0.15) is 17.6 Å². The molecule has 0 fully saturated rings. The molecule has 9 heteroatoms. The molecule has 192 valence electrons. The third-order valence-electron chi connectivity index (χ3n) is 5.38. The first-order chi connectivity index (χ1) is 16.2. The van der Waals surface area contributed by atoms with Gasteiger partial charge in [-0.25, -0.2) is 9.78 Å². The lowest BCUT2D eigenvalue weighted by Gasteiger charge is -2.27. The second-order valence-corrected chi connectivity index (χ2v) is 9.23. The fraction of sp³-hybridized carbons (Fsp3) is 0.500. The van der Waals surface area contributed by atoms with Crippen LogP contribution in [0.4, 0.5) is 4.79 Å². The number of Topliss-reactive ketones (excluding diaryl/α,β-unsaturated/α-hetero) is 1. The van der Waals surface area contributed by atoms with Crippen LogP contribution in [0.3, 0.4) is 0 Å². The van der Waals surface area contributed by atoms with Crippen LogP contribution in [0.5, 0.6) is 5.88 Å². The van der Waals surface area contributed by atoms with Gasteiger partial charge in [0.25, 0.3) is 0 Å². The molecule has 0 spiro atoms. The Bertz CT molecular complexity index is 1050. The molecule has 35 heavy (non-hydrogen) atoms. The zero-order valence-electron chi connectivity index (χ0n) is 21.4. The molecule has 2 aromatic rings. The molecule has 2 atom stereocenters. The van der Waals surface area contributed by atoms with Crippen molar-refractivity contribution in [3.8, 4) is 5.88 Å². The standard InChI is InChI=1S/C26H35N3O5.H3P/c1-6-19(30)11-9-14-33-15-13-23-27-22(17-29(23)25(31)34-26(2,3)4)20-16-18-10-7-8-12-21(18)28-24(20)32-5;/h7-8,10,12,16-17,23,27H,6,9,11,13-15H2,1-5H3;1H3. The van der Waals surface area contributed by atoms with Gasteiger partial charge in [0, 0.05) is 37.5 Å². The van der Waals surface area contributed by atoms with E-state index in [1.54, 1.807) is 18.2 Å². The van der Waals surface area contributed by atoms with Gasteiger partial charge in [-0.3, -0.25) is 9.69 Å². The molecular formula is C26H38N3O5P. The van der Waals surface area contributed by atoms with Crippen LogP contribution in [0.25, 0.3) is 16.6 Å². The number of nitrogens with zero attached hydrogens (tertiary/aromatic N) is 2. The largest absolute Gasteiger partial charge is 0.480 e. The van der Waals surface area contributed by atoms with Crippen LogP contribution in [0.2, 0.25) is 0 Å². The summed E-state index contributed by atoms with van der Waals surface area (Å²) in [5.41, 5.74) is 1.69. The minimum absolute atomic E-state index is 0. The molecule has 0 radical (unpaired) electrons. The van der Waals surface area contributed by atoms with Crippen molar-refractivity contribution >= 4 is 38.4 Å². The van der Waals surface area contributed by atoms with Gasteiger partial charge in [-0.15, -0.1) is 0 Å². The summed E-state index contributed by atoms with van der Waals surface area (Å²) in [4.78, 5) is 30.6. The average Bonchev–Trinajstić information content (AvgIpc) is 3.23. The van der Waals surface area contributed by atoms with E-state index < -0.39 is 11.7 Å². The molecule has 2 heterocycles. The molecule has 1 aromatic carbocycles. The number of hydrogen-bond acceptors (Lipinski definition) is 7. The van der Waals surface area contributed by atoms with Gasteiger partial charge >= 0.3 is 6.09 Å². The van der Waals surface area contributed by atoms with Crippen LogP contribution in [-0.2, 0) is 14.3 Å². The number of nitrogens with one attached hydrogen (secondary N) is 1. The van der Waals surface area contributed by atoms with Crippen LogP contribution in [0.1, 0.15) is 58.9 Å². The Morgan fingerprint density at radius 1 is 1.17 bits per heavy atom. The summed E-state index contributed by atoms with van der Waals surface area (Å²) >= 11 is 0.